The molecule has 1 aromatic carbocycles. The van der Waals surface area contributed by atoms with Crippen molar-refractivity contribution in [2.24, 2.45) is 5.73 Å². The lowest BCUT2D eigenvalue weighted by atomic mass is 9.92. The Morgan fingerprint density at radius 2 is 2.00 bits per heavy atom. The van der Waals surface area contributed by atoms with Crippen LogP contribution in [-0.2, 0) is 6.42 Å². The van der Waals surface area contributed by atoms with E-state index in [0.29, 0.717) is 6.04 Å². The second-order valence-corrected chi connectivity index (χ2v) is 6.53. The van der Waals surface area contributed by atoms with Gasteiger partial charge in [0.15, 0.2) is 0 Å². The average Bonchev–Trinajstić information content (AvgIpc) is 2.85. The van der Waals surface area contributed by atoms with E-state index in [4.69, 9.17) is 5.73 Å². The molecule has 1 aliphatic heterocycles. The van der Waals surface area contributed by atoms with Gasteiger partial charge in [-0.1, -0.05) is 31.0 Å². The Bertz CT molecular complexity index is 435. The monoisotopic (exact) mass is 258 g/mol. The SMILES string of the molecule is CC1CCc2ccccc2N1CCC1(N)CCCC1. The number of anilines is 1. The Labute approximate surface area is 117 Å². The molecule has 0 aromatic heterocycles. The lowest BCUT2D eigenvalue weighted by molar-refractivity contribution is 0.395. The summed E-state index contributed by atoms with van der Waals surface area (Å²) in [4.78, 5) is 2.59. The molecule has 1 fully saturated rings. The maximum absolute atomic E-state index is 6.51. The van der Waals surface area contributed by atoms with Crippen LogP contribution in [0.3, 0.4) is 0 Å². The highest BCUT2D eigenvalue weighted by atomic mass is 15.2. The number of hydrogen-bond donors (Lipinski definition) is 1. The van der Waals surface area contributed by atoms with Gasteiger partial charge in [0.2, 0.25) is 0 Å². The van der Waals surface area contributed by atoms with E-state index in [1.807, 2.05) is 0 Å². The maximum atomic E-state index is 6.51. The predicted molar refractivity (Wildman–Crippen MR) is 81.6 cm³/mol. The van der Waals surface area contributed by atoms with Gasteiger partial charge >= 0.3 is 0 Å². The molecule has 19 heavy (non-hydrogen) atoms. The fraction of sp³-hybridized carbons (Fsp3) is 0.647. The van der Waals surface area contributed by atoms with Crippen molar-refractivity contribution in [1.29, 1.82) is 0 Å². The van der Waals surface area contributed by atoms with Crippen LogP contribution >= 0.6 is 0 Å². The number of nitrogens with zero attached hydrogens (tertiary/aromatic N) is 1. The van der Waals surface area contributed by atoms with Crippen LogP contribution in [0.15, 0.2) is 24.3 Å². The normalized spacial score (nSPS) is 25.4. The van der Waals surface area contributed by atoms with Crippen LogP contribution < -0.4 is 10.6 Å². The van der Waals surface area contributed by atoms with Crippen molar-refractivity contribution in [1.82, 2.24) is 0 Å². The Morgan fingerprint density at radius 3 is 2.79 bits per heavy atom. The van der Waals surface area contributed by atoms with Gasteiger partial charge in [-0.05, 0) is 50.7 Å². The smallest absolute Gasteiger partial charge is 0.0401 e. The van der Waals surface area contributed by atoms with Gasteiger partial charge in [0.25, 0.3) is 0 Å². The van der Waals surface area contributed by atoms with Crippen molar-refractivity contribution in [2.75, 3.05) is 11.4 Å². The lowest BCUT2D eigenvalue weighted by Gasteiger charge is -2.39. The number of nitrogens with two attached hydrogens (primary N) is 1. The Balaban J connectivity index is 1.73. The molecule has 2 heteroatoms. The molecule has 2 N–H and O–H groups in total. The van der Waals surface area contributed by atoms with Crippen LogP contribution in [0.5, 0.6) is 0 Å². The van der Waals surface area contributed by atoms with Crippen LogP contribution in [0.2, 0.25) is 0 Å². The van der Waals surface area contributed by atoms with E-state index in [1.54, 1.807) is 0 Å². The van der Waals surface area contributed by atoms with Gasteiger partial charge in [0.1, 0.15) is 0 Å². The minimum Gasteiger partial charge on any atom is -0.369 e. The molecule has 0 radical (unpaired) electrons. The highest BCUT2D eigenvalue weighted by molar-refractivity contribution is 5.56. The number of rotatable bonds is 3. The van der Waals surface area contributed by atoms with Crippen molar-refractivity contribution in [3.05, 3.63) is 29.8 Å². The summed E-state index contributed by atoms with van der Waals surface area (Å²) >= 11 is 0. The quantitative estimate of drug-likeness (QED) is 0.899. The first-order chi connectivity index (χ1) is 9.18. The fourth-order valence-electron chi connectivity index (χ4n) is 3.77. The van der Waals surface area contributed by atoms with Gasteiger partial charge in [-0.15, -0.1) is 0 Å². The maximum Gasteiger partial charge on any atom is 0.0401 e. The van der Waals surface area contributed by atoms with Gasteiger partial charge in [-0.2, -0.15) is 0 Å². The van der Waals surface area contributed by atoms with E-state index < -0.39 is 0 Å². The van der Waals surface area contributed by atoms with E-state index in [2.05, 4.69) is 36.1 Å². The molecule has 1 unspecified atom stereocenters. The van der Waals surface area contributed by atoms with Gasteiger partial charge in [0, 0.05) is 23.8 Å². The first-order valence-corrected chi connectivity index (χ1v) is 7.81. The summed E-state index contributed by atoms with van der Waals surface area (Å²) in [6, 6.07) is 9.54. The molecule has 1 heterocycles. The highest BCUT2D eigenvalue weighted by Crippen LogP contribution is 2.34. The number of aryl methyl sites for hydroxylation is 1. The van der Waals surface area contributed by atoms with Crippen molar-refractivity contribution in [3.8, 4) is 0 Å². The molecule has 0 amide bonds. The molecule has 2 nitrogen and oxygen atoms in total. The summed E-state index contributed by atoms with van der Waals surface area (Å²) in [5.74, 6) is 0. The van der Waals surface area contributed by atoms with E-state index >= 15 is 0 Å². The molecular formula is C17H26N2. The number of para-hydroxylation sites is 1. The second-order valence-electron chi connectivity index (χ2n) is 6.53. The molecule has 3 rings (SSSR count). The molecule has 2 aliphatic rings. The molecule has 1 saturated carbocycles. The second kappa shape index (κ2) is 5.16. The van der Waals surface area contributed by atoms with Crippen molar-refractivity contribution in [2.45, 2.75) is 63.5 Å². The molecule has 104 valence electrons. The third kappa shape index (κ3) is 2.64. The van der Waals surface area contributed by atoms with Crippen LogP contribution in [0.25, 0.3) is 0 Å². The van der Waals surface area contributed by atoms with Crippen LogP contribution in [0.4, 0.5) is 5.69 Å². The van der Waals surface area contributed by atoms with E-state index in [0.717, 1.165) is 13.0 Å². The van der Waals surface area contributed by atoms with Crippen LogP contribution in [0, 0.1) is 0 Å². The van der Waals surface area contributed by atoms with Crippen molar-refractivity contribution < 1.29 is 0 Å². The zero-order chi connectivity index (χ0) is 13.3. The summed E-state index contributed by atoms with van der Waals surface area (Å²) < 4.78 is 0. The average molecular weight is 258 g/mol. The third-order valence-electron chi connectivity index (χ3n) is 5.11. The Morgan fingerprint density at radius 1 is 1.26 bits per heavy atom. The third-order valence-corrected chi connectivity index (χ3v) is 5.11. The number of fused-ring (bicyclic) bond motifs is 1. The Hall–Kier alpha value is -1.02. The minimum absolute atomic E-state index is 0.117. The van der Waals surface area contributed by atoms with Gasteiger partial charge in [-0.25, -0.2) is 0 Å². The first-order valence-electron chi connectivity index (χ1n) is 7.81. The summed E-state index contributed by atoms with van der Waals surface area (Å²) in [7, 11) is 0. The first kappa shape index (κ1) is 13.0. The molecule has 0 bridgehead atoms. The number of hydrogen-bond acceptors (Lipinski definition) is 2. The molecule has 1 atom stereocenters. The minimum atomic E-state index is 0.117. The van der Waals surface area contributed by atoms with Crippen LogP contribution in [-0.4, -0.2) is 18.1 Å². The summed E-state index contributed by atoms with van der Waals surface area (Å²) in [5.41, 5.74) is 9.59. The van der Waals surface area contributed by atoms with E-state index in [-0.39, 0.29) is 5.54 Å². The zero-order valence-electron chi connectivity index (χ0n) is 12.1. The summed E-state index contributed by atoms with van der Waals surface area (Å²) in [6.07, 6.45) is 8.72. The standard InChI is InChI=1S/C17H26N2/c1-14-8-9-15-6-2-3-7-16(15)19(14)13-12-17(18)10-4-5-11-17/h2-3,6-7,14H,4-5,8-13,18H2,1H3. The molecule has 0 saturated heterocycles. The molecular weight excluding hydrogens is 232 g/mol. The van der Waals surface area contributed by atoms with Crippen molar-refractivity contribution >= 4 is 5.69 Å². The van der Waals surface area contributed by atoms with Gasteiger partial charge in [0.05, 0.1) is 0 Å². The Kier molecular flexibility index (Phi) is 3.53. The van der Waals surface area contributed by atoms with Crippen molar-refractivity contribution in [3.63, 3.8) is 0 Å². The fourth-order valence-corrected chi connectivity index (χ4v) is 3.77. The van der Waals surface area contributed by atoms with E-state index in [9.17, 15) is 0 Å². The van der Waals surface area contributed by atoms with Gasteiger partial charge in [-0.3, -0.25) is 0 Å². The largest absolute Gasteiger partial charge is 0.369 e. The highest BCUT2D eigenvalue weighted by Gasteiger charge is 2.31. The number of benzene rings is 1. The predicted octanol–water partition coefficient (Wildman–Crippen LogP) is 3.49. The van der Waals surface area contributed by atoms with Crippen LogP contribution in [0.1, 0.15) is 51.0 Å². The summed E-state index contributed by atoms with van der Waals surface area (Å²) in [6.45, 7) is 3.47. The lowest BCUT2D eigenvalue weighted by Crippen LogP contribution is -2.44. The van der Waals surface area contributed by atoms with E-state index in [1.165, 1.54) is 49.8 Å². The summed E-state index contributed by atoms with van der Waals surface area (Å²) in [5, 5.41) is 0. The molecule has 1 aromatic rings. The van der Waals surface area contributed by atoms with Gasteiger partial charge < -0.3 is 10.6 Å². The topological polar surface area (TPSA) is 29.3 Å². The molecule has 0 spiro atoms. The molecule has 1 aliphatic carbocycles. The zero-order valence-corrected chi connectivity index (χ0v) is 12.1.